The molecular formula is C11H14N2O5. The SMILES string of the molecule is COC(=O)c1cccnc1NCC(OC)C(=O)O. The summed E-state index contributed by atoms with van der Waals surface area (Å²) in [5, 5.41) is 11.5. The first-order valence-corrected chi connectivity index (χ1v) is 5.13. The molecular weight excluding hydrogens is 240 g/mol. The van der Waals surface area contributed by atoms with Gasteiger partial charge in [-0.15, -0.1) is 0 Å². The van der Waals surface area contributed by atoms with Gasteiger partial charge in [0.05, 0.1) is 13.7 Å². The fourth-order valence-corrected chi connectivity index (χ4v) is 1.28. The van der Waals surface area contributed by atoms with Crippen molar-refractivity contribution in [3.63, 3.8) is 0 Å². The van der Waals surface area contributed by atoms with Crippen molar-refractivity contribution in [3.05, 3.63) is 23.9 Å². The van der Waals surface area contributed by atoms with Crippen LogP contribution in [0.4, 0.5) is 5.82 Å². The maximum atomic E-state index is 11.4. The normalized spacial score (nSPS) is 11.7. The van der Waals surface area contributed by atoms with Crippen molar-refractivity contribution in [1.82, 2.24) is 4.98 Å². The van der Waals surface area contributed by atoms with E-state index in [-0.39, 0.29) is 17.9 Å². The van der Waals surface area contributed by atoms with Gasteiger partial charge in [0.25, 0.3) is 0 Å². The largest absolute Gasteiger partial charge is 0.479 e. The van der Waals surface area contributed by atoms with E-state index < -0.39 is 18.0 Å². The molecule has 0 aromatic carbocycles. The minimum atomic E-state index is -1.10. The first-order valence-electron chi connectivity index (χ1n) is 5.13. The fraction of sp³-hybridized carbons (Fsp3) is 0.364. The zero-order valence-corrected chi connectivity index (χ0v) is 10.0. The van der Waals surface area contributed by atoms with Gasteiger partial charge in [-0.2, -0.15) is 0 Å². The molecule has 0 saturated carbocycles. The Balaban J connectivity index is 2.78. The van der Waals surface area contributed by atoms with E-state index in [9.17, 15) is 9.59 Å². The summed E-state index contributed by atoms with van der Waals surface area (Å²) in [5.41, 5.74) is 0.236. The topological polar surface area (TPSA) is 97.8 Å². The summed E-state index contributed by atoms with van der Waals surface area (Å²) < 4.78 is 9.35. The number of aromatic nitrogens is 1. The number of pyridine rings is 1. The molecule has 0 spiro atoms. The van der Waals surface area contributed by atoms with Gasteiger partial charge < -0.3 is 19.9 Å². The number of hydrogen-bond acceptors (Lipinski definition) is 6. The number of ether oxygens (including phenoxy) is 2. The van der Waals surface area contributed by atoms with Gasteiger partial charge in [-0.1, -0.05) is 0 Å². The standard InChI is InChI=1S/C11H14N2O5/c1-17-8(10(14)15)6-13-9-7(11(16)18-2)4-3-5-12-9/h3-5,8H,6H2,1-2H3,(H,12,13)(H,14,15). The molecule has 18 heavy (non-hydrogen) atoms. The molecule has 1 unspecified atom stereocenters. The summed E-state index contributed by atoms with van der Waals surface area (Å²) in [4.78, 5) is 26.1. The van der Waals surface area contributed by atoms with Gasteiger partial charge >= 0.3 is 11.9 Å². The van der Waals surface area contributed by atoms with E-state index in [0.717, 1.165) is 0 Å². The fourth-order valence-electron chi connectivity index (χ4n) is 1.28. The molecule has 1 atom stereocenters. The second-order valence-corrected chi connectivity index (χ2v) is 3.33. The Morgan fingerprint density at radius 3 is 2.78 bits per heavy atom. The molecule has 0 saturated heterocycles. The third-order valence-corrected chi connectivity index (χ3v) is 2.23. The van der Waals surface area contributed by atoms with Gasteiger partial charge in [0.2, 0.25) is 0 Å². The molecule has 0 bridgehead atoms. The predicted octanol–water partition coefficient (Wildman–Crippen LogP) is 0.380. The second kappa shape index (κ2) is 6.55. The zero-order valence-electron chi connectivity index (χ0n) is 10.0. The highest BCUT2D eigenvalue weighted by Crippen LogP contribution is 2.12. The number of esters is 1. The Morgan fingerprint density at radius 2 is 2.22 bits per heavy atom. The van der Waals surface area contributed by atoms with E-state index in [2.05, 4.69) is 15.0 Å². The van der Waals surface area contributed by atoms with Crippen molar-refractivity contribution in [2.75, 3.05) is 26.1 Å². The number of carboxylic acid groups (broad SMARTS) is 1. The van der Waals surface area contributed by atoms with E-state index in [4.69, 9.17) is 9.84 Å². The van der Waals surface area contributed by atoms with Crippen LogP contribution in [0.25, 0.3) is 0 Å². The second-order valence-electron chi connectivity index (χ2n) is 3.33. The first-order chi connectivity index (χ1) is 8.60. The smallest absolute Gasteiger partial charge is 0.341 e. The number of carboxylic acids is 1. The van der Waals surface area contributed by atoms with Gasteiger partial charge in [-0.25, -0.2) is 14.6 Å². The van der Waals surface area contributed by atoms with Crippen molar-refractivity contribution < 1.29 is 24.2 Å². The molecule has 0 aliphatic carbocycles. The number of hydrogen-bond donors (Lipinski definition) is 2. The summed E-state index contributed by atoms with van der Waals surface area (Å²) in [7, 11) is 2.55. The van der Waals surface area contributed by atoms with Crippen LogP contribution in [0.3, 0.4) is 0 Å². The maximum Gasteiger partial charge on any atom is 0.341 e. The van der Waals surface area contributed by atoms with Crippen LogP contribution >= 0.6 is 0 Å². The lowest BCUT2D eigenvalue weighted by atomic mass is 10.2. The molecule has 0 aliphatic rings. The van der Waals surface area contributed by atoms with Crippen LogP contribution in [-0.2, 0) is 14.3 Å². The van der Waals surface area contributed by atoms with Gasteiger partial charge in [-0.05, 0) is 12.1 Å². The van der Waals surface area contributed by atoms with Crippen LogP contribution in [0.5, 0.6) is 0 Å². The van der Waals surface area contributed by atoms with Crippen LogP contribution in [-0.4, -0.2) is 48.9 Å². The number of rotatable bonds is 6. The molecule has 0 aliphatic heterocycles. The molecule has 1 rings (SSSR count). The average molecular weight is 254 g/mol. The van der Waals surface area contributed by atoms with Crippen LogP contribution < -0.4 is 5.32 Å². The minimum absolute atomic E-state index is 0.00710. The predicted molar refractivity (Wildman–Crippen MR) is 62.5 cm³/mol. The van der Waals surface area contributed by atoms with E-state index in [1.165, 1.54) is 26.5 Å². The highest BCUT2D eigenvalue weighted by Gasteiger charge is 2.18. The summed E-state index contributed by atoms with van der Waals surface area (Å²) in [6.07, 6.45) is 0.467. The van der Waals surface area contributed by atoms with E-state index in [0.29, 0.717) is 0 Å². The van der Waals surface area contributed by atoms with Crippen molar-refractivity contribution in [1.29, 1.82) is 0 Å². The number of methoxy groups -OCH3 is 2. The lowest BCUT2D eigenvalue weighted by molar-refractivity contribution is -0.147. The van der Waals surface area contributed by atoms with E-state index >= 15 is 0 Å². The van der Waals surface area contributed by atoms with Gasteiger partial charge in [-0.3, -0.25) is 0 Å². The number of carbonyl (C=O) groups excluding carboxylic acids is 1. The average Bonchev–Trinajstić information content (AvgIpc) is 2.38. The number of anilines is 1. The van der Waals surface area contributed by atoms with E-state index in [1.54, 1.807) is 6.07 Å². The van der Waals surface area contributed by atoms with Crippen molar-refractivity contribution >= 4 is 17.8 Å². The molecule has 0 amide bonds. The Bertz CT molecular complexity index is 435. The molecule has 98 valence electrons. The summed E-state index contributed by atoms with van der Waals surface area (Å²) in [6.45, 7) is -0.00710. The summed E-state index contributed by atoms with van der Waals surface area (Å²) in [5.74, 6) is -1.39. The Morgan fingerprint density at radius 1 is 1.50 bits per heavy atom. The molecule has 7 nitrogen and oxygen atoms in total. The molecule has 0 radical (unpaired) electrons. The van der Waals surface area contributed by atoms with Crippen LogP contribution in [0.2, 0.25) is 0 Å². The van der Waals surface area contributed by atoms with Crippen molar-refractivity contribution in [2.45, 2.75) is 6.10 Å². The number of aliphatic carboxylic acids is 1. The van der Waals surface area contributed by atoms with Crippen molar-refractivity contribution in [2.24, 2.45) is 0 Å². The molecule has 1 heterocycles. The number of carbonyl (C=O) groups is 2. The molecule has 1 aromatic heterocycles. The molecule has 7 heteroatoms. The minimum Gasteiger partial charge on any atom is -0.479 e. The zero-order chi connectivity index (χ0) is 13.5. The Kier molecular flexibility index (Phi) is 5.06. The Hall–Kier alpha value is -2.15. The third-order valence-electron chi connectivity index (χ3n) is 2.23. The number of nitrogens with zero attached hydrogens (tertiary/aromatic N) is 1. The highest BCUT2D eigenvalue weighted by atomic mass is 16.5. The Labute approximate surface area is 104 Å². The van der Waals surface area contributed by atoms with Gasteiger partial charge in [0.15, 0.2) is 6.10 Å². The maximum absolute atomic E-state index is 11.4. The third kappa shape index (κ3) is 3.42. The molecule has 1 aromatic rings. The van der Waals surface area contributed by atoms with Crippen LogP contribution in [0, 0.1) is 0 Å². The van der Waals surface area contributed by atoms with Crippen LogP contribution in [0.1, 0.15) is 10.4 Å². The monoisotopic (exact) mass is 254 g/mol. The number of nitrogens with one attached hydrogen (secondary N) is 1. The summed E-state index contributed by atoms with van der Waals surface area (Å²) in [6, 6.07) is 3.12. The molecule has 2 N–H and O–H groups in total. The first kappa shape index (κ1) is 13.9. The highest BCUT2D eigenvalue weighted by molar-refractivity contribution is 5.94. The quantitative estimate of drug-likeness (QED) is 0.708. The van der Waals surface area contributed by atoms with E-state index in [1.807, 2.05) is 0 Å². The lowest BCUT2D eigenvalue weighted by Crippen LogP contribution is -2.31. The van der Waals surface area contributed by atoms with Gasteiger partial charge in [0, 0.05) is 13.3 Å². The van der Waals surface area contributed by atoms with Crippen LogP contribution in [0.15, 0.2) is 18.3 Å². The van der Waals surface area contributed by atoms with Gasteiger partial charge in [0.1, 0.15) is 11.4 Å². The lowest BCUT2D eigenvalue weighted by Gasteiger charge is -2.13. The molecule has 0 fully saturated rings. The van der Waals surface area contributed by atoms with Crippen molar-refractivity contribution in [3.8, 4) is 0 Å². The summed E-state index contributed by atoms with van der Waals surface area (Å²) >= 11 is 0.